The summed E-state index contributed by atoms with van der Waals surface area (Å²) < 4.78 is 0. The van der Waals surface area contributed by atoms with Gasteiger partial charge in [-0.15, -0.1) is 0 Å². The van der Waals surface area contributed by atoms with E-state index >= 15 is 0 Å². The first kappa shape index (κ1) is 16.3. The highest BCUT2D eigenvalue weighted by Crippen LogP contribution is 2.22. The van der Waals surface area contributed by atoms with Gasteiger partial charge in [-0.3, -0.25) is 9.69 Å². The second-order valence-electron chi connectivity index (χ2n) is 5.81. The zero-order chi connectivity index (χ0) is 15.2. The monoisotopic (exact) mass is 308 g/mol. The van der Waals surface area contributed by atoms with Crippen molar-refractivity contribution in [2.45, 2.75) is 24.3 Å². The van der Waals surface area contributed by atoms with E-state index in [-0.39, 0.29) is 5.24 Å². The third-order valence-electron chi connectivity index (χ3n) is 3.87. The lowest BCUT2D eigenvalue weighted by molar-refractivity contribution is 0.127. The maximum Gasteiger partial charge on any atom is 0.285 e. The lowest BCUT2D eigenvalue weighted by atomic mass is 9.97. The summed E-state index contributed by atoms with van der Waals surface area (Å²) in [7, 11) is 3.53. The Balaban J connectivity index is 1.84. The first-order valence-corrected chi connectivity index (χ1v) is 8.21. The van der Waals surface area contributed by atoms with Crippen molar-refractivity contribution in [2.24, 2.45) is 5.92 Å². The van der Waals surface area contributed by atoms with Gasteiger partial charge in [0.05, 0.1) is 0 Å². The normalized spacial score (nSPS) is 16.9. The van der Waals surface area contributed by atoms with Gasteiger partial charge in [-0.25, -0.2) is 0 Å². The third kappa shape index (κ3) is 5.02. The lowest BCUT2D eigenvalue weighted by Crippen LogP contribution is -2.34. The molecule has 4 nitrogen and oxygen atoms in total. The average molecular weight is 308 g/mol. The van der Waals surface area contributed by atoms with E-state index in [0.717, 1.165) is 37.4 Å². The Morgan fingerprint density at radius 1 is 1.29 bits per heavy atom. The summed E-state index contributed by atoms with van der Waals surface area (Å²) in [4.78, 5) is 16.6. The Bertz CT molecular complexity index is 454. The minimum atomic E-state index is 0.0498. The second kappa shape index (κ2) is 7.82. The Kier molecular flexibility index (Phi) is 6.08. The van der Waals surface area contributed by atoms with Crippen LogP contribution in [0.4, 0.5) is 4.79 Å². The molecule has 0 spiro atoms. The average Bonchev–Trinajstić information content (AvgIpc) is 2.50. The van der Waals surface area contributed by atoms with Gasteiger partial charge in [-0.1, -0.05) is 12.1 Å². The molecule has 21 heavy (non-hydrogen) atoms. The van der Waals surface area contributed by atoms with Crippen LogP contribution in [-0.4, -0.2) is 53.9 Å². The van der Waals surface area contributed by atoms with E-state index in [9.17, 15) is 4.79 Å². The van der Waals surface area contributed by atoms with E-state index < -0.39 is 0 Å². The maximum absolute atomic E-state index is 11.6. The molecule has 1 amide bonds. The molecule has 1 aliphatic rings. The van der Waals surface area contributed by atoms with Crippen molar-refractivity contribution in [3.05, 3.63) is 29.8 Å². The number of amides is 1. The summed E-state index contributed by atoms with van der Waals surface area (Å²) in [6.45, 7) is 3.38. The van der Waals surface area contributed by atoms with Crippen LogP contribution in [0.3, 0.4) is 0 Å². The number of piperidine rings is 1. The van der Waals surface area contributed by atoms with Gasteiger partial charge in [-0.05, 0) is 61.3 Å². The third-order valence-corrected chi connectivity index (χ3v) is 4.91. The highest BCUT2D eigenvalue weighted by Gasteiger charge is 2.18. The molecule has 0 aliphatic carbocycles. The molecule has 1 aliphatic heterocycles. The number of carbonyl (C=O) groups excluding carboxylic acids is 1. The molecule has 1 N–H and O–H groups in total. The van der Waals surface area contributed by atoms with Crippen LogP contribution >= 0.6 is 11.8 Å². The fourth-order valence-electron chi connectivity index (χ4n) is 2.44. The van der Waals surface area contributed by atoms with Gasteiger partial charge in [0.1, 0.15) is 0 Å². The smallest absolute Gasteiger partial charge is 0.285 e. The first-order chi connectivity index (χ1) is 10.1. The zero-order valence-electron chi connectivity index (χ0n) is 12.8. The summed E-state index contributed by atoms with van der Waals surface area (Å²) in [6, 6.07) is 8.23. The van der Waals surface area contributed by atoms with Crippen LogP contribution < -0.4 is 0 Å². The van der Waals surface area contributed by atoms with Gasteiger partial charge in [0, 0.05) is 32.1 Å². The summed E-state index contributed by atoms with van der Waals surface area (Å²) >= 11 is 1.26. The van der Waals surface area contributed by atoms with Gasteiger partial charge >= 0.3 is 0 Å². The van der Waals surface area contributed by atoms with Crippen LogP contribution in [0.2, 0.25) is 0 Å². The van der Waals surface area contributed by atoms with Crippen molar-refractivity contribution < 1.29 is 9.90 Å². The molecule has 1 heterocycles. The molecular weight excluding hydrogens is 284 g/mol. The Labute approximate surface area is 131 Å². The summed E-state index contributed by atoms with van der Waals surface area (Å²) in [5.41, 5.74) is 1.28. The van der Waals surface area contributed by atoms with E-state index in [1.165, 1.54) is 17.3 Å². The topological polar surface area (TPSA) is 43.8 Å². The quantitative estimate of drug-likeness (QED) is 0.869. The number of hydrogen-bond donors (Lipinski definition) is 1. The van der Waals surface area contributed by atoms with Crippen molar-refractivity contribution >= 4 is 17.0 Å². The number of rotatable bonds is 4. The number of carbonyl (C=O) groups is 1. The largest absolute Gasteiger partial charge is 0.396 e. The molecule has 0 aromatic heterocycles. The van der Waals surface area contributed by atoms with E-state index in [1.54, 1.807) is 19.0 Å². The number of hydrogen-bond acceptors (Lipinski definition) is 4. The molecule has 0 unspecified atom stereocenters. The van der Waals surface area contributed by atoms with Crippen molar-refractivity contribution in [3.63, 3.8) is 0 Å². The zero-order valence-corrected chi connectivity index (χ0v) is 13.6. The molecule has 1 aromatic carbocycles. The van der Waals surface area contributed by atoms with Crippen molar-refractivity contribution in [3.8, 4) is 0 Å². The standard InChI is InChI=1S/C16H24N2O2S/c1-17(2)16(20)21-15-5-3-13(4-6-15)11-18-9-7-14(12-19)8-10-18/h3-6,14,19H,7-12H2,1-2H3. The number of thioether (sulfide) groups is 1. The van der Waals surface area contributed by atoms with Crippen LogP contribution in [0.15, 0.2) is 29.2 Å². The minimum Gasteiger partial charge on any atom is -0.396 e. The van der Waals surface area contributed by atoms with Crippen LogP contribution in [0, 0.1) is 5.92 Å². The highest BCUT2D eigenvalue weighted by molar-refractivity contribution is 8.13. The predicted molar refractivity (Wildman–Crippen MR) is 86.5 cm³/mol. The molecule has 1 fully saturated rings. The van der Waals surface area contributed by atoms with E-state index in [4.69, 9.17) is 5.11 Å². The number of likely N-dealkylation sites (tertiary alicyclic amines) is 1. The Hall–Kier alpha value is -1.04. The fraction of sp³-hybridized carbons (Fsp3) is 0.562. The van der Waals surface area contributed by atoms with Gasteiger partial charge < -0.3 is 10.0 Å². The molecule has 0 radical (unpaired) electrons. The van der Waals surface area contributed by atoms with Crippen LogP contribution in [0.5, 0.6) is 0 Å². The molecule has 1 aromatic rings. The molecule has 2 rings (SSSR count). The fourth-order valence-corrected chi connectivity index (χ4v) is 3.10. The minimum absolute atomic E-state index is 0.0498. The summed E-state index contributed by atoms with van der Waals surface area (Å²) in [5.74, 6) is 0.483. The molecule has 116 valence electrons. The Morgan fingerprint density at radius 2 is 1.90 bits per heavy atom. The first-order valence-electron chi connectivity index (χ1n) is 7.39. The molecule has 0 atom stereocenters. The lowest BCUT2D eigenvalue weighted by Gasteiger charge is -2.31. The number of aliphatic hydroxyl groups is 1. The van der Waals surface area contributed by atoms with Gasteiger partial charge in [0.2, 0.25) is 0 Å². The molecule has 5 heteroatoms. The summed E-state index contributed by atoms with van der Waals surface area (Å²) in [6.07, 6.45) is 2.17. The van der Waals surface area contributed by atoms with E-state index in [0.29, 0.717) is 12.5 Å². The van der Waals surface area contributed by atoms with Gasteiger partial charge in [-0.2, -0.15) is 0 Å². The van der Waals surface area contributed by atoms with Crippen molar-refractivity contribution in [1.29, 1.82) is 0 Å². The van der Waals surface area contributed by atoms with Gasteiger partial charge in [0.15, 0.2) is 0 Å². The number of benzene rings is 1. The number of nitrogens with zero attached hydrogens (tertiary/aromatic N) is 2. The van der Waals surface area contributed by atoms with E-state index in [1.807, 2.05) is 12.1 Å². The van der Waals surface area contributed by atoms with Crippen LogP contribution in [0.25, 0.3) is 0 Å². The van der Waals surface area contributed by atoms with Crippen LogP contribution in [-0.2, 0) is 6.54 Å². The summed E-state index contributed by atoms with van der Waals surface area (Å²) in [5, 5.41) is 9.21. The van der Waals surface area contributed by atoms with E-state index in [2.05, 4.69) is 17.0 Å². The van der Waals surface area contributed by atoms with Crippen molar-refractivity contribution in [2.75, 3.05) is 33.8 Å². The SMILES string of the molecule is CN(C)C(=O)Sc1ccc(CN2CCC(CO)CC2)cc1. The predicted octanol–water partition coefficient (Wildman–Crippen LogP) is 2.66. The van der Waals surface area contributed by atoms with Crippen molar-refractivity contribution in [1.82, 2.24) is 9.80 Å². The maximum atomic E-state index is 11.6. The van der Waals surface area contributed by atoms with Gasteiger partial charge in [0.25, 0.3) is 5.24 Å². The molecule has 0 saturated carbocycles. The molecular formula is C16H24N2O2S. The molecule has 0 bridgehead atoms. The second-order valence-corrected chi connectivity index (χ2v) is 6.83. The Morgan fingerprint density at radius 3 is 2.43 bits per heavy atom. The van der Waals surface area contributed by atoms with Crippen LogP contribution in [0.1, 0.15) is 18.4 Å². The molecule has 1 saturated heterocycles. The highest BCUT2D eigenvalue weighted by atomic mass is 32.2. The number of aliphatic hydroxyl groups excluding tert-OH is 1.